The maximum Gasteiger partial charge on any atom is 0.272 e. The Labute approximate surface area is 166 Å². The molecule has 1 amide bonds. The Kier molecular flexibility index (Phi) is 5.79. The fraction of sp³-hybridized carbons (Fsp3) is 0.200. The van der Waals surface area contributed by atoms with Crippen LogP contribution in [0.15, 0.2) is 58.3 Å². The maximum atomic E-state index is 12.4. The number of carbonyl (C=O) groups is 1. The van der Waals surface area contributed by atoms with E-state index < -0.39 is 4.92 Å². The van der Waals surface area contributed by atoms with Gasteiger partial charge in [-0.3, -0.25) is 19.6 Å². The van der Waals surface area contributed by atoms with Crippen LogP contribution in [0.1, 0.15) is 17.0 Å². The summed E-state index contributed by atoms with van der Waals surface area (Å²) in [6.07, 6.45) is 0. The minimum Gasteiger partial charge on any atom is -0.324 e. The van der Waals surface area contributed by atoms with Gasteiger partial charge in [-0.25, -0.2) is 0 Å². The van der Waals surface area contributed by atoms with Crippen LogP contribution in [0.2, 0.25) is 0 Å². The zero-order valence-electron chi connectivity index (χ0n) is 15.8. The number of nitro benzene ring substituents is 1. The lowest BCUT2D eigenvalue weighted by atomic mass is 10.2. The van der Waals surface area contributed by atoms with Crippen LogP contribution < -0.4 is 5.32 Å². The Morgan fingerprint density at radius 1 is 1.11 bits per heavy atom. The molecule has 0 aliphatic carbocycles. The zero-order chi connectivity index (χ0) is 20.3. The van der Waals surface area contributed by atoms with Gasteiger partial charge >= 0.3 is 0 Å². The molecule has 0 aliphatic heterocycles. The summed E-state index contributed by atoms with van der Waals surface area (Å²) in [6.45, 7) is 5.77. The first kappa shape index (κ1) is 19.6. The van der Waals surface area contributed by atoms with Crippen LogP contribution in [-0.2, 0) is 11.3 Å². The molecule has 0 spiro atoms. The molecule has 7 nitrogen and oxygen atoms in total. The van der Waals surface area contributed by atoms with E-state index in [2.05, 4.69) is 10.4 Å². The molecule has 0 unspecified atom stereocenters. The highest BCUT2D eigenvalue weighted by Gasteiger charge is 2.14. The van der Waals surface area contributed by atoms with Gasteiger partial charge in [0.2, 0.25) is 5.91 Å². The van der Waals surface area contributed by atoms with E-state index in [9.17, 15) is 14.9 Å². The summed E-state index contributed by atoms with van der Waals surface area (Å²) < 4.78 is 1.60. The highest BCUT2D eigenvalue weighted by molar-refractivity contribution is 7.99. The van der Waals surface area contributed by atoms with Crippen molar-refractivity contribution in [3.05, 3.63) is 75.6 Å². The summed E-state index contributed by atoms with van der Waals surface area (Å²) in [5.41, 5.74) is 3.16. The Morgan fingerprint density at radius 3 is 2.43 bits per heavy atom. The SMILES string of the molecule is Cc1ccc(Sc2cc(NC(=O)Cn3nc(C)cc3C)cc([N+](=O)[O-])c2)cc1. The van der Waals surface area contributed by atoms with Gasteiger partial charge < -0.3 is 5.32 Å². The molecule has 8 heteroatoms. The maximum absolute atomic E-state index is 12.4. The number of hydrogen-bond donors (Lipinski definition) is 1. The molecular weight excluding hydrogens is 376 g/mol. The number of anilines is 1. The van der Waals surface area contributed by atoms with Crippen molar-refractivity contribution in [1.29, 1.82) is 0 Å². The van der Waals surface area contributed by atoms with Crippen LogP contribution in [0.3, 0.4) is 0 Å². The van der Waals surface area contributed by atoms with Gasteiger partial charge in [-0.05, 0) is 45.0 Å². The van der Waals surface area contributed by atoms with E-state index in [0.717, 1.165) is 21.8 Å². The Bertz CT molecular complexity index is 1030. The highest BCUT2D eigenvalue weighted by atomic mass is 32.2. The Balaban J connectivity index is 1.80. The van der Waals surface area contributed by atoms with Crippen molar-refractivity contribution in [3.8, 4) is 0 Å². The van der Waals surface area contributed by atoms with E-state index >= 15 is 0 Å². The van der Waals surface area contributed by atoms with E-state index in [1.807, 2.05) is 51.1 Å². The number of non-ortho nitro benzene ring substituents is 1. The van der Waals surface area contributed by atoms with Crippen molar-refractivity contribution in [2.75, 3.05) is 5.32 Å². The van der Waals surface area contributed by atoms with E-state index in [0.29, 0.717) is 10.6 Å². The van der Waals surface area contributed by atoms with Gasteiger partial charge in [0.1, 0.15) is 6.54 Å². The largest absolute Gasteiger partial charge is 0.324 e. The fourth-order valence-electron chi connectivity index (χ4n) is 2.73. The first-order valence-corrected chi connectivity index (χ1v) is 9.47. The molecule has 0 radical (unpaired) electrons. The zero-order valence-corrected chi connectivity index (χ0v) is 16.6. The fourth-order valence-corrected chi connectivity index (χ4v) is 3.64. The van der Waals surface area contributed by atoms with Gasteiger partial charge in [0.25, 0.3) is 5.69 Å². The van der Waals surface area contributed by atoms with Crippen molar-refractivity contribution in [2.45, 2.75) is 37.1 Å². The number of carbonyl (C=O) groups excluding carboxylic acids is 1. The third-order valence-electron chi connectivity index (χ3n) is 4.04. The second-order valence-electron chi connectivity index (χ2n) is 6.52. The molecule has 0 fully saturated rings. The Morgan fingerprint density at radius 2 is 1.82 bits per heavy atom. The lowest BCUT2D eigenvalue weighted by molar-refractivity contribution is -0.385. The van der Waals surface area contributed by atoms with Gasteiger partial charge in [-0.2, -0.15) is 5.10 Å². The second kappa shape index (κ2) is 8.26. The molecule has 3 aromatic rings. The van der Waals surface area contributed by atoms with Crippen LogP contribution in [0.5, 0.6) is 0 Å². The van der Waals surface area contributed by atoms with E-state index in [1.54, 1.807) is 10.7 Å². The number of nitrogens with zero attached hydrogens (tertiary/aromatic N) is 3. The van der Waals surface area contributed by atoms with Crippen molar-refractivity contribution < 1.29 is 9.72 Å². The molecule has 0 atom stereocenters. The topological polar surface area (TPSA) is 90.1 Å². The monoisotopic (exact) mass is 396 g/mol. The quantitative estimate of drug-likeness (QED) is 0.489. The Hall–Kier alpha value is -3.13. The number of aromatic nitrogens is 2. The summed E-state index contributed by atoms with van der Waals surface area (Å²) in [6, 6.07) is 14.4. The summed E-state index contributed by atoms with van der Waals surface area (Å²) in [5.74, 6) is -0.294. The predicted molar refractivity (Wildman–Crippen MR) is 109 cm³/mol. The summed E-state index contributed by atoms with van der Waals surface area (Å²) in [7, 11) is 0. The highest BCUT2D eigenvalue weighted by Crippen LogP contribution is 2.33. The summed E-state index contributed by atoms with van der Waals surface area (Å²) in [4.78, 5) is 24.9. The number of rotatable bonds is 6. The third-order valence-corrected chi connectivity index (χ3v) is 5.02. The van der Waals surface area contributed by atoms with Gasteiger partial charge in [0, 0.05) is 33.3 Å². The summed E-state index contributed by atoms with van der Waals surface area (Å²) in [5, 5.41) is 18.3. The molecule has 0 aliphatic rings. The normalized spacial score (nSPS) is 10.7. The van der Waals surface area contributed by atoms with Crippen LogP contribution >= 0.6 is 11.8 Å². The molecule has 1 N–H and O–H groups in total. The average molecular weight is 396 g/mol. The van der Waals surface area contributed by atoms with E-state index in [-0.39, 0.29) is 18.1 Å². The van der Waals surface area contributed by atoms with E-state index in [1.165, 1.54) is 23.9 Å². The van der Waals surface area contributed by atoms with Crippen LogP contribution in [0.4, 0.5) is 11.4 Å². The third kappa shape index (κ3) is 4.98. The number of amides is 1. The predicted octanol–water partition coefficient (Wildman–Crippen LogP) is 4.51. The molecule has 0 saturated heterocycles. The number of aryl methyl sites for hydroxylation is 3. The number of benzene rings is 2. The molecule has 1 aromatic heterocycles. The lowest BCUT2D eigenvalue weighted by Crippen LogP contribution is -2.20. The minimum atomic E-state index is -0.462. The van der Waals surface area contributed by atoms with Gasteiger partial charge in [-0.15, -0.1) is 0 Å². The average Bonchev–Trinajstić information content (AvgIpc) is 2.93. The molecule has 2 aromatic carbocycles. The number of nitrogens with one attached hydrogen (secondary N) is 1. The van der Waals surface area contributed by atoms with E-state index in [4.69, 9.17) is 0 Å². The molecule has 0 saturated carbocycles. The molecule has 28 heavy (non-hydrogen) atoms. The van der Waals surface area contributed by atoms with Crippen molar-refractivity contribution in [3.63, 3.8) is 0 Å². The van der Waals surface area contributed by atoms with Gasteiger partial charge in [0.15, 0.2) is 0 Å². The van der Waals surface area contributed by atoms with Gasteiger partial charge in [-0.1, -0.05) is 29.5 Å². The minimum absolute atomic E-state index is 0.0444. The van der Waals surface area contributed by atoms with Crippen LogP contribution in [0.25, 0.3) is 0 Å². The number of nitro groups is 1. The van der Waals surface area contributed by atoms with Crippen molar-refractivity contribution in [2.24, 2.45) is 0 Å². The standard InChI is InChI=1S/C20H20N4O3S/c1-13-4-6-18(7-5-13)28-19-10-16(9-17(11-19)24(26)27)21-20(25)12-23-15(3)8-14(2)22-23/h4-11H,12H2,1-3H3,(H,21,25). The van der Waals surface area contributed by atoms with Crippen molar-refractivity contribution >= 4 is 29.0 Å². The first-order valence-electron chi connectivity index (χ1n) is 8.65. The number of hydrogen-bond acceptors (Lipinski definition) is 5. The molecule has 0 bridgehead atoms. The van der Waals surface area contributed by atoms with Crippen LogP contribution in [-0.4, -0.2) is 20.6 Å². The molecule has 3 rings (SSSR count). The van der Waals surface area contributed by atoms with Crippen molar-refractivity contribution in [1.82, 2.24) is 9.78 Å². The molecule has 144 valence electrons. The summed E-state index contributed by atoms with van der Waals surface area (Å²) >= 11 is 1.41. The second-order valence-corrected chi connectivity index (χ2v) is 7.67. The first-order chi connectivity index (χ1) is 13.3. The molecule has 1 heterocycles. The lowest BCUT2D eigenvalue weighted by Gasteiger charge is -2.09. The van der Waals surface area contributed by atoms with Gasteiger partial charge in [0.05, 0.1) is 10.6 Å². The smallest absolute Gasteiger partial charge is 0.272 e. The van der Waals surface area contributed by atoms with Crippen LogP contribution in [0, 0.1) is 30.9 Å². The molecular formula is C20H20N4O3S.